The highest BCUT2D eigenvalue weighted by Gasteiger charge is 2.45. The van der Waals surface area contributed by atoms with Crippen LogP contribution >= 0.6 is 0 Å². The number of carbonyl (C=O) groups is 2. The molecule has 3 nitrogen and oxygen atoms in total. The summed E-state index contributed by atoms with van der Waals surface area (Å²) in [5.74, 6) is -0.401. The summed E-state index contributed by atoms with van der Waals surface area (Å²) in [7, 11) is 0. The van der Waals surface area contributed by atoms with Crippen molar-refractivity contribution < 1.29 is 9.59 Å². The van der Waals surface area contributed by atoms with Gasteiger partial charge in [-0.3, -0.25) is 9.59 Å². The number of unbranched alkanes of at least 4 members (excludes halogenated alkanes) is 1. The van der Waals surface area contributed by atoms with Crippen molar-refractivity contribution in [2.45, 2.75) is 45.6 Å². The highest BCUT2D eigenvalue weighted by atomic mass is 16.2. The number of hydrogen-bond acceptors (Lipinski definition) is 3. The molecule has 1 rings (SSSR count). The Morgan fingerprint density at radius 1 is 1.29 bits per heavy atom. The van der Waals surface area contributed by atoms with Gasteiger partial charge in [0.05, 0.1) is 0 Å². The Balaban J connectivity index is 2.95. The van der Waals surface area contributed by atoms with Crippen LogP contribution in [0.15, 0.2) is 11.1 Å². The molecule has 0 radical (unpaired) electrons. The van der Waals surface area contributed by atoms with Crippen molar-refractivity contribution in [3.8, 4) is 0 Å². The fourth-order valence-corrected chi connectivity index (χ4v) is 1.77. The maximum atomic E-state index is 11.8. The first-order valence-electron chi connectivity index (χ1n) is 5.01. The highest BCUT2D eigenvalue weighted by Crippen LogP contribution is 2.29. The SMILES string of the molecule is CCCCC1=C(C)C(=O)[C@](C)(N)C1=O. The maximum absolute atomic E-state index is 11.8. The first-order valence-corrected chi connectivity index (χ1v) is 5.01. The molecule has 0 aromatic carbocycles. The maximum Gasteiger partial charge on any atom is 0.186 e. The summed E-state index contributed by atoms with van der Waals surface area (Å²) in [6.45, 7) is 5.25. The van der Waals surface area contributed by atoms with Crippen LogP contribution in [0, 0.1) is 0 Å². The second-order valence-corrected chi connectivity index (χ2v) is 4.07. The third kappa shape index (κ3) is 1.52. The lowest BCUT2D eigenvalue weighted by atomic mass is 9.95. The summed E-state index contributed by atoms with van der Waals surface area (Å²) in [4.78, 5) is 23.4. The quantitative estimate of drug-likeness (QED) is 0.692. The van der Waals surface area contributed by atoms with Crippen LogP contribution in [-0.2, 0) is 9.59 Å². The minimum Gasteiger partial charge on any atom is -0.312 e. The molecule has 1 atom stereocenters. The molecule has 14 heavy (non-hydrogen) atoms. The Morgan fingerprint density at radius 3 is 2.21 bits per heavy atom. The smallest absolute Gasteiger partial charge is 0.186 e. The van der Waals surface area contributed by atoms with E-state index in [0.29, 0.717) is 17.6 Å². The van der Waals surface area contributed by atoms with E-state index in [1.165, 1.54) is 6.92 Å². The van der Waals surface area contributed by atoms with Crippen molar-refractivity contribution in [1.82, 2.24) is 0 Å². The monoisotopic (exact) mass is 195 g/mol. The van der Waals surface area contributed by atoms with Crippen LogP contribution in [0.5, 0.6) is 0 Å². The largest absolute Gasteiger partial charge is 0.312 e. The van der Waals surface area contributed by atoms with Crippen LogP contribution in [0.25, 0.3) is 0 Å². The zero-order valence-corrected chi connectivity index (χ0v) is 9.02. The molecule has 0 aromatic rings. The summed E-state index contributed by atoms with van der Waals surface area (Å²) >= 11 is 0. The summed E-state index contributed by atoms with van der Waals surface area (Å²) in [6, 6.07) is 0. The molecule has 2 N–H and O–H groups in total. The van der Waals surface area contributed by atoms with E-state index in [1.54, 1.807) is 6.92 Å². The topological polar surface area (TPSA) is 60.2 Å². The Labute approximate surface area is 84.4 Å². The first-order chi connectivity index (χ1) is 6.42. The van der Waals surface area contributed by atoms with Crippen molar-refractivity contribution in [3.05, 3.63) is 11.1 Å². The van der Waals surface area contributed by atoms with E-state index in [2.05, 4.69) is 6.92 Å². The zero-order chi connectivity index (χ0) is 10.9. The van der Waals surface area contributed by atoms with E-state index in [1.807, 2.05) is 0 Å². The van der Waals surface area contributed by atoms with Crippen LogP contribution in [-0.4, -0.2) is 17.1 Å². The number of rotatable bonds is 3. The van der Waals surface area contributed by atoms with Gasteiger partial charge in [0.15, 0.2) is 11.6 Å². The molecule has 0 saturated carbocycles. The van der Waals surface area contributed by atoms with Gasteiger partial charge in [-0.2, -0.15) is 0 Å². The van der Waals surface area contributed by atoms with E-state index >= 15 is 0 Å². The minimum atomic E-state index is -1.30. The van der Waals surface area contributed by atoms with Gasteiger partial charge < -0.3 is 5.73 Å². The molecule has 0 heterocycles. The van der Waals surface area contributed by atoms with Gasteiger partial charge in [0.25, 0.3) is 0 Å². The molecule has 3 heteroatoms. The fourth-order valence-electron chi connectivity index (χ4n) is 1.77. The van der Waals surface area contributed by atoms with Gasteiger partial charge in [0, 0.05) is 11.1 Å². The number of ketones is 2. The van der Waals surface area contributed by atoms with Crippen LogP contribution in [0.2, 0.25) is 0 Å². The molecular formula is C11H17NO2. The second kappa shape index (κ2) is 3.65. The van der Waals surface area contributed by atoms with Gasteiger partial charge in [-0.15, -0.1) is 0 Å². The van der Waals surface area contributed by atoms with Crippen LogP contribution in [0.3, 0.4) is 0 Å². The van der Waals surface area contributed by atoms with Gasteiger partial charge in [-0.25, -0.2) is 0 Å². The van der Waals surface area contributed by atoms with Crippen molar-refractivity contribution in [2.24, 2.45) is 5.73 Å². The summed E-state index contributed by atoms with van der Waals surface area (Å²) in [5, 5.41) is 0. The molecule has 0 unspecified atom stereocenters. The van der Waals surface area contributed by atoms with Gasteiger partial charge in [-0.1, -0.05) is 13.3 Å². The van der Waals surface area contributed by atoms with Crippen LogP contribution in [0.1, 0.15) is 40.0 Å². The van der Waals surface area contributed by atoms with Crippen molar-refractivity contribution in [2.75, 3.05) is 0 Å². The molecule has 1 aliphatic rings. The van der Waals surface area contributed by atoms with Crippen molar-refractivity contribution in [1.29, 1.82) is 0 Å². The van der Waals surface area contributed by atoms with Crippen LogP contribution in [0.4, 0.5) is 0 Å². The van der Waals surface area contributed by atoms with Gasteiger partial charge >= 0.3 is 0 Å². The number of carbonyl (C=O) groups excluding carboxylic acids is 2. The molecule has 0 saturated heterocycles. The van der Waals surface area contributed by atoms with Gasteiger partial charge in [-0.05, 0) is 26.7 Å². The Bertz CT molecular complexity index is 313. The zero-order valence-electron chi connectivity index (χ0n) is 9.02. The van der Waals surface area contributed by atoms with E-state index in [-0.39, 0.29) is 11.6 Å². The van der Waals surface area contributed by atoms with E-state index < -0.39 is 5.54 Å². The Kier molecular flexibility index (Phi) is 2.90. The lowest BCUT2D eigenvalue weighted by molar-refractivity contribution is -0.127. The van der Waals surface area contributed by atoms with Gasteiger partial charge in [0.2, 0.25) is 0 Å². The molecule has 0 spiro atoms. The Hall–Kier alpha value is -0.960. The predicted molar refractivity (Wildman–Crippen MR) is 54.8 cm³/mol. The number of hydrogen-bond donors (Lipinski definition) is 1. The lowest BCUT2D eigenvalue weighted by Gasteiger charge is -2.13. The van der Waals surface area contributed by atoms with Crippen LogP contribution < -0.4 is 5.73 Å². The van der Waals surface area contributed by atoms with E-state index in [4.69, 9.17) is 5.73 Å². The molecule has 0 fully saturated rings. The lowest BCUT2D eigenvalue weighted by Crippen LogP contribution is -2.48. The fraction of sp³-hybridized carbons (Fsp3) is 0.636. The molecule has 0 bridgehead atoms. The average Bonchev–Trinajstić information content (AvgIpc) is 2.28. The highest BCUT2D eigenvalue weighted by molar-refractivity contribution is 6.30. The van der Waals surface area contributed by atoms with Crippen molar-refractivity contribution in [3.63, 3.8) is 0 Å². The molecule has 78 valence electrons. The normalized spacial score (nSPS) is 27.7. The minimum absolute atomic E-state index is 0.187. The number of nitrogens with two attached hydrogens (primary N) is 1. The molecule has 0 aliphatic heterocycles. The summed E-state index contributed by atoms with van der Waals surface area (Å²) in [5.41, 5.74) is 5.58. The third-order valence-corrected chi connectivity index (χ3v) is 2.79. The standard InChI is InChI=1S/C11H17NO2/c1-4-5-6-8-7(2)9(13)11(3,12)10(8)14/h4-6,12H2,1-3H3/t11-/m0/s1. The Morgan fingerprint density at radius 2 is 1.86 bits per heavy atom. The third-order valence-electron chi connectivity index (χ3n) is 2.79. The van der Waals surface area contributed by atoms with E-state index in [9.17, 15) is 9.59 Å². The molecule has 1 aliphatic carbocycles. The average molecular weight is 195 g/mol. The molecule has 0 aromatic heterocycles. The first kappa shape index (κ1) is 11.1. The molecular weight excluding hydrogens is 178 g/mol. The van der Waals surface area contributed by atoms with E-state index in [0.717, 1.165) is 12.8 Å². The van der Waals surface area contributed by atoms with Gasteiger partial charge in [0.1, 0.15) is 5.54 Å². The van der Waals surface area contributed by atoms with Crippen molar-refractivity contribution >= 4 is 11.6 Å². The summed E-state index contributed by atoms with van der Waals surface area (Å²) < 4.78 is 0. The predicted octanol–water partition coefficient (Wildman–Crippen LogP) is 1.36. The number of Topliss-reactive ketones (excluding diaryl/α,β-unsaturated/α-hetero) is 2. The summed E-state index contributed by atoms with van der Waals surface area (Å²) in [6.07, 6.45) is 2.63. The second-order valence-electron chi connectivity index (χ2n) is 4.07. The molecule has 0 amide bonds.